The molecule has 252 valence electrons. The predicted molar refractivity (Wildman–Crippen MR) is 179 cm³/mol. The van der Waals surface area contributed by atoms with Gasteiger partial charge < -0.3 is 10.2 Å². The lowest BCUT2D eigenvalue weighted by Gasteiger charge is -2.44. The highest BCUT2D eigenvalue weighted by Crippen LogP contribution is 2.59. The molecule has 4 unspecified atom stereocenters. The number of rotatable bonds is 6. The Kier molecular flexibility index (Phi) is 9.66. The van der Waals surface area contributed by atoms with Gasteiger partial charge in [0.05, 0.1) is 17.3 Å². The second-order valence-electron chi connectivity index (χ2n) is 13.3. The maximum Gasteiger partial charge on any atom is 0.416 e. The molecule has 11 heteroatoms. The van der Waals surface area contributed by atoms with Gasteiger partial charge >= 0.3 is 6.18 Å². The molecule has 0 aliphatic heterocycles. The summed E-state index contributed by atoms with van der Waals surface area (Å²) in [6.07, 6.45) is 4.20. The summed E-state index contributed by atoms with van der Waals surface area (Å²) in [4.78, 5) is 22.8. The number of hydrogen-bond donors (Lipinski definition) is 3. The molecule has 7 rings (SSSR count). The van der Waals surface area contributed by atoms with Crippen LogP contribution in [0.5, 0.6) is 0 Å². The topological polar surface area (TPSA) is 112 Å². The smallest absolute Gasteiger partial charge is 0.393 e. The Morgan fingerprint density at radius 2 is 1.88 bits per heavy atom. The second kappa shape index (κ2) is 13.6. The number of aliphatic hydroxyl groups is 2. The lowest BCUT2D eigenvalue weighted by Crippen LogP contribution is -2.46. The zero-order chi connectivity index (χ0) is 34.1. The number of aromatic nitrogens is 4. The highest BCUT2D eigenvalue weighted by molar-refractivity contribution is 7.99. The second-order valence-corrected chi connectivity index (χ2v) is 14.3. The number of carbonyl (C=O) groups is 1. The van der Waals surface area contributed by atoms with Gasteiger partial charge in [0.1, 0.15) is 0 Å². The fourth-order valence-electron chi connectivity index (χ4n) is 7.30. The number of carbonyl (C=O) groups excluding carboxylic acids is 1. The Bertz CT molecular complexity index is 1810. The van der Waals surface area contributed by atoms with Crippen molar-refractivity contribution >= 4 is 17.5 Å². The minimum absolute atomic E-state index is 0.0522. The number of benzene rings is 2. The fourth-order valence-corrected chi connectivity index (χ4v) is 8.41. The van der Waals surface area contributed by atoms with E-state index in [2.05, 4.69) is 40.1 Å². The number of H-pyrrole nitrogens is 1. The van der Waals surface area contributed by atoms with Crippen LogP contribution in [0.2, 0.25) is 0 Å². The van der Waals surface area contributed by atoms with Crippen LogP contribution in [0.25, 0.3) is 11.4 Å². The van der Waals surface area contributed by atoms with E-state index in [0.29, 0.717) is 72.8 Å². The van der Waals surface area contributed by atoms with Crippen LogP contribution in [-0.2, 0) is 12.6 Å². The summed E-state index contributed by atoms with van der Waals surface area (Å²) < 4.78 is 40.9. The summed E-state index contributed by atoms with van der Waals surface area (Å²) >= 11 is 1.37. The number of alkyl halides is 3. The summed E-state index contributed by atoms with van der Waals surface area (Å²) in [5.74, 6) is 0.149. The minimum atomic E-state index is -4.59. The number of fused-ring (bicyclic) bond motifs is 8. The van der Waals surface area contributed by atoms with Crippen LogP contribution in [0.15, 0.2) is 83.8 Å². The quantitative estimate of drug-likeness (QED) is 0.108. The largest absolute Gasteiger partial charge is 0.416 e. The molecule has 2 aromatic heterocycles. The van der Waals surface area contributed by atoms with Crippen LogP contribution in [0.3, 0.4) is 0 Å². The molecule has 0 saturated heterocycles. The van der Waals surface area contributed by atoms with E-state index >= 15 is 0 Å². The number of nitrogens with one attached hydrogen (secondary N) is 1. The number of allylic oxidation sites excluding steroid dienone is 2. The van der Waals surface area contributed by atoms with E-state index in [4.69, 9.17) is 0 Å². The molecule has 2 heterocycles. The maximum absolute atomic E-state index is 14.2. The number of hydrogen-bond acceptors (Lipinski definition) is 7. The summed E-state index contributed by atoms with van der Waals surface area (Å²) in [5, 5.41) is 31.2. The van der Waals surface area contributed by atoms with Gasteiger partial charge in [-0.2, -0.15) is 13.2 Å². The Labute approximate surface area is 282 Å². The Morgan fingerprint density at radius 1 is 1.08 bits per heavy atom. The molecule has 3 N–H and O–H groups in total. The fraction of sp³-hybridized carbons (Fsp3) is 0.405. The average Bonchev–Trinajstić information content (AvgIpc) is 3.65. The van der Waals surface area contributed by atoms with Gasteiger partial charge in [-0.05, 0) is 99.2 Å². The average molecular weight is 677 g/mol. The van der Waals surface area contributed by atoms with Crippen LogP contribution in [0.4, 0.5) is 13.2 Å². The van der Waals surface area contributed by atoms with Gasteiger partial charge in [0, 0.05) is 40.3 Å². The van der Waals surface area contributed by atoms with Gasteiger partial charge in [-0.3, -0.25) is 14.9 Å². The number of halogens is 3. The van der Waals surface area contributed by atoms with E-state index < -0.39 is 34.6 Å². The monoisotopic (exact) mass is 676 g/mol. The first kappa shape index (κ1) is 34.1. The Balaban J connectivity index is 1.38. The van der Waals surface area contributed by atoms with Crippen molar-refractivity contribution < 1.29 is 28.2 Å². The molecular weight excluding hydrogens is 637 g/mol. The van der Waals surface area contributed by atoms with E-state index in [1.807, 2.05) is 24.3 Å². The lowest BCUT2D eigenvalue weighted by molar-refractivity contribution is -0.137. The molecule has 3 aliphatic rings. The van der Waals surface area contributed by atoms with E-state index in [1.165, 1.54) is 29.5 Å². The summed E-state index contributed by atoms with van der Waals surface area (Å²) in [5.41, 5.74) is 0.963. The molecule has 48 heavy (non-hydrogen) atoms. The van der Waals surface area contributed by atoms with Crippen molar-refractivity contribution in [3.05, 3.63) is 106 Å². The molecule has 2 aromatic carbocycles. The first-order valence-corrected chi connectivity index (χ1v) is 17.2. The number of aliphatic hydroxyl groups excluding tert-OH is 1. The van der Waals surface area contributed by atoms with Crippen molar-refractivity contribution in [2.24, 2.45) is 5.41 Å². The Morgan fingerprint density at radius 3 is 2.65 bits per heavy atom. The van der Waals surface area contributed by atoms with Crippen LogP contribution >= 0.6 is 11.8 Å². The highest BCUT2D eigenvalue weighted by atomic mass is 32.2. The zero-order valence-corrected chi connectivity index (χ0v) is 27.7. The molecule has 3 aliphatic carbocycles. The number of thioether (sulfide) groups is 1. The third-order valence-electron chi connectivity index (χ3n) is 10.2. The van der Waals surface area contributed by atoms with Gasteiger partial charge in [0.2, 0.25) is 5.16 Å². The Hall–Kier alpha value is -3.80. The van der Waals surface area contributed by atoms with Gasteiger partial charge in [-0.15, -0.1) is 5.10 Å². The first-order chi connectivity index (χ1) is 22.9. The molecule has 0 amide bonds. The van der Waals surface area contributed by atoms with Crippen molar-refractivity contribution in [3.63, 3.8) is 0 Å². The van der Waals surface area contributed by atoms with Crippen molar-refractivity contribution in [3.8, 4) is 11.4 Å². The van der Waals surface area contributed by atoms with E-state index in [-0.39, 0.29) is 11.5 Å². The molecule has 0 spiro atoms. The van der Waals surface area contributed by atoms with E-state index in [0.717, 1.165) is 23.3 Å². The molecule has 4 aromatic rings. The zero-order valence-electron chi connectivity index (χ0n) is 26.9. The van der Waals surface area contributed by atoms with E-state index in [9.17, 15) is 28.2 Å². The van der Waals surface area contributed by atoms with Gasteiger partial charge in [0.15, 0.2) is 11.6 Å². The van der Waals surface area contributed by atoms with Crippen LogP contribution in [0.1, 0.15) is 90.9 Å². The summed E-state index contributed by atoms with van der Waals surface area (Å²) in [7, 11) is 0. The number of aromatic amines is 1. The third kappa shape index (κ3) is 6.99. The predicted octanol–water partition coefficient (Wildman–Crippen LogP) is 7.95. The van der Waals surface area contributed by atoms with Crippen molar-refractivity contribution in [1.82, 2.24) is 20.2 Å². The van der Waals surface area contributed by atoms with Gasteiger partial charge in [-0.1, -0.05) is 54.6 Å². The molecule has 2 bridgehead atoms. The molecule has 7 nitrogen and oxygen atoms in total. The van der Waals surface area contributed by atoms with Crippen LogP contribution in [-0.4, -0.2) is 53.6 Å². The van der Waals surface area contributed by atoms with Crippen molar-refractivity contribution in [1.29, 1.82) is 0 Å². The minimum Gasteiger partial charge on any atom is -0.393 e. The van der Waals surface area contributed by atoms with E-state index in [1.54, 1.807) is 18.5 Å². The first-order valence-electron chi connectivity index (χ1n) is 16.2. The molecule has 0 radical (unpaired) electrons. The van der Waals surface area contributed by atoms with Crippen molar-refractivity contribution in [2.75, 3.05) is 5.75 Å². The SMILES string of the molecule is CC1=CCCC2(C)C(CCC2(O)CSc2n[nH]c(-c3ccncc3)n2)c2ccc(cc2C(=O)c2cccc(C(F)(F)F)c2)CC(O)CC1. The van der Waals surface area contributed by atoms with Crippen LogP contribution in [0, 0.1) is 5.41 Å². The summed E-state index contributed by atoms with van der Waals surface area (Å²) in [6, 6.07) is 13.7. The van der Waals surface area contributed by atoms with Crippen LogP contribution < -0.4 is 0 Å². The molecule has 4 atom stereocenters. The van der Waals surface area contributed by atoms with Gasteiger partial charge in [0.25, 0.3) is 0 Å². The molecular formula is C37H39F3N4O3S. The number of nitrogens with zero attached hydrogens (tertiary/aromatic N) is 3. The van der Waals surface area contributed by atoms with Gasteiger partial charge in [-0.25, -0.2) is 4.98 Å². The standard InChI is InChI=1S/C37H39F3N4O3S/c1-23-5-4-15-35(2)31(12-16-36(35,47)22-48-34-42-33(43-44-34)25-13-17-41-18-14-25)29-11-9-24(19-28(45)10-8-23)20-30(29)32(46)26-6-3-7-27(21-26)37(38,39)40/h3,5-7,9,11,13-14,17-18,20-21,28,31,45,47H,4,8,10,12,15-16,19,22H2,1-2H3,(H,42,43,44). The maximum atomic E-state index is 14.2. The summed E-state index contributed by atoms with van der Waals surface area (Å²) in [6.45, 7) is 4.12. The normalized spacial score (nSPS) is 24.9. The van der Waals surface area contributed by atoms with Crippen molar-refractivity contribution in [2.45, 2.75) is 87.7 Å². The lowest BCUT2D eigenvalue weighted by atomic mass is 9.65. The highest BCUT2D eigenvalue weighted by Gasteiger charge is 2.56. The molecule has 1 saturated carbocycles. The number of ketones is 1. The molecule has 1 fully saturated rings. The number of pyridine rings is 1. The third-order valence-corrected chi connectivity index (χ3v) is 11.3.